The van der Waals surface area contributed by atoms with Crippen LogP contribution in [0.25, 0.3) is 0 Å². The average molecular weight is 297 g/mol. The van der Waals surface area contributed by atoms with Gasteiger partial charge >= 0.3 is 0 Å². The molecule has 0 saturated carbocycles. The third-order valence-electron chi connectivity index (χ3n) is 3.74. The van der Waals surface area contributed by atoms with E-state index in [1.165, 1.54) is 11.3 Å². The van der Waals surface area contributed by atoms with E-state index in [-0.39, 0.29) is 11.7 Å². The van der Waals surface area contributed by atoms with Crippen molar-refractivity contribution in [2.45, 2.75) is 25.3 Å². The zero-order valence-electron chi connectivity index (χ0n) is 11.6. The van der Waals surface area contributed by atoms with Gasteiger partial charge in [-0.3, -0.25) is 4.79 Å². The van der Waals surface area contributed by atoms with E-state index in [9.17, 15) is 4.79 Å². The number of carbonyl (C=O) groups excluding carboxylic acids is 1. The molecule has 7 nitrogen and oxygen atoms in total. The van der Waals surface area contributed by atoms with E-state index < -0.39 is 5.54 Å². The lowest BCUT2D eigenvalue weighted by Gasteiger charge is -2.40. The first kappa shape index (κ1) is 14.7. The number of amides is 1. The molecule has 4 N–H and O–H groups in total. The number of aromatic nitrogens is 1. The van der Waals surface area contributed by atoms with Crippen LogP contribution in [0, 0.1) is 6.92 Å². The molecule has 1 fully saturated rings. The second-order valence-corrected chi connectivity index (χ2v) is 5.95. The molecule has 1 aliphatic heterocycles. The number of hydrogen-bond donors (Lipinski definition) is 3. The van der Waals surface area contributed by atoms with E-state index >= 15 is 0 Å². The van der Waals surface area contributed by atoms with Crippen molar-refractivity contribution in [2.75, 3.05) is 20.1 Å². The molecular weight excluding hydrogens is 278 g/mol. The molecule has 0 aromatic carbocycles. The monoisotopic (exact) mass is 297 g/mol. The number of thiazole rings is 1. The number of oxime groups is 1. The van der Waals surface area contributed by atoms with Gasteiger partial charge in [-0.05, 0) is 26.8 Å². The molecule has 2 rings (SSSR count). The molecule has 0 spiro atoms. The van der Waals surface area contributed by atoms with Gasteiger partial charge in [0.2, 0.25) is 0 Å². The molecule has 1 aromatic rings. The lowest BCUT2D eigenvalue weighted by atomic mass is 9.86. The Labute approximate surface area is 121 Å². The predicted octanol–water partition coefficient (Wildman–Crippen LogP) is 0.392. The van der Waals surface area contributed by atoms with Crippen molar-refractivity contribution in [1.82, 2.24) is 15.2 Å². The molecule has 8 heteroatoms. The van der Waals surface area contributed by atoms with Crippen LogP contribution < -0.4 is 11.1 Å². The van der Waals surface area contributed by atoms with Crippen molar-refractivity contribution in [3.05, 3.63) is 16.1 Å². The molecule has 0 bridgehead atoms. The average Bonchev–Trinajstić information content (AvgIpc) is 2.87. The summed E-state index contributed by atoms with van der Waals surface area (Å²) in [6, 6.07) is 0. The fourth-order valence-electron chi connectivity index (χ4n) is 2.34. The third-order valence-corrected chi connectivity index (χ3v) is 4.67. The van der Waals surface area contributed by atoms with Crippen LogP contribution in [0.3, 0.4) is 0 Å². The maximum Gasteiger partial charge on any atom is 0.264 e. The highest BCUT2D eigenvalue weighted by Gasteiger charge is 2.40. The van der Waals surface area contributed by atoms with Crippen LogP contribution in [-0.4, -0.2) is 52.5 Å². The Balaban J connectivity index is 2.21. The molecule has 1 aromatic heterocycles. The largest absolute Gasteiger partial charge is 0.409 e. The first-order valence-corrected chi connectivity index (χ1v) is 7.25. The fraction of sp³-hybridized carbons (Fsp3) is 0.583. The Hall–Kier alpha value is -1.67. The lowest BCUT2D eigenvalue weighted by molar-refractivity contribution is 0.0889. The number of piperidine rings is 1. The van der Waals surface area contributed by atoms with E-state index in [4.69, 9.17) is 10.9 Å². The Morgan fingerprint density at radius 3 is 2.75 bits per heavy atom. The number of amidine groups is 1. The Bertz CT molecular complexity index is 520. The van der Waals surface area contributed by atoms with E-state index in [0.29, 0.717) is 23.4 Å². The van der Waals surface area contributed by atoms with Crippen LogP contribution in [0.2, 0.25) is 0 Å². The molecule has 0 radical (unpaired) electrons. The van der Waals surface area contributed by atoms with Gasteiger partial charge in [0.25, 0.3) is 5.91 Å². The normalized spacial score (nSPS) is 19.8. The lowest BCUT2D eigenvalue weighted by Crippen LogP contribution is -2.62. The van der Waals surface area contributed by atoms with Crippen molar-refractivity contribution in [2.24, 2.45) is 10.9 Å². The molecule has 0 atom stereocenters. The van der Waals surface area contributed by atoms with Gasteiger partial charge in [-0.15, -0.1) is 11.3 Å². The summed E-state index contributed by atoms with van der Waals surface area (Å²) in [6.07, 6.45) is 1.23. The molecule has 0 aliphatic carbocycles. The zero-order valence-corrected chi connectivity index (χ0v) is 12.4. The predicted molar refractivity (Wildman–Crippen MR) is 77.2 cm³/mol. The molecule has 20 heavy (non-hydrogen) atoms. The number of hydrogen-bond acceptors (Lipinski definition) is 6. The van der Waals surface area contributed by atoms with Gasteiger partial charge in [0.15, 0.2) is 5.84 Å². The Kier molecular flexibility index (Phi) is 4.24. The number of aryl methyl sites for hydroxylation is 1. The van der Waals surface area contributed by atoms with Crippen molar-refractivity contribution in [3.63, 3.8) is 0 Å². The Morgan fingerprint density at radius 1 is 1.60 bits per heavy atom. The van der Waals surface area contributed by atoms with Crippen molar-refractivity contribution in [1.29, 1.82) is 0 Å². The molecular formula is C12H19N5O2S. The van der Waals surface area contributed by atoms with E-state index in [1.54, 1.807) is 12.4 Å². The molecule has 2 heterocycles. The quantitative estimate of drug-likeness (QED) is 0.324. The van der Waals surface area contributed by atoms with Crippen molar-refractivity contribution in [3.8, 4) is 0 Å². The maximum absolute atomic E-state index is 12.4. The first-order valence-electron chi connectivity index (χ1n) is 6.37. The maximum atomic E-state index is 12.4. The number of nitrogens with two attached hydrogens (primary N) is 1. The summed E-state index contributed by atoms with van der Waals surface area (Å²) >= 11 is 1.29. The molecule has 110 valence electrons. The third kappa shape index (κ3) is 2.75. The standard InChI is InChI=1S/C12H19N5O2S/c1-8-9(20-7-14-8)10(18)15-12(11(13)16-19)3-5-17(2)6-4-12/h7,19H,3-6H2,1-2H3,(H2,13,16)(H,15,18). The highest BCUT2D eigenvalue weighted by Crippen LogP contribution is 2.23. The Morgan fingerprint density at radius 2 is 2.25 bits per heavy atom. The topological polar surface area (TPSA) is 104 Å². The van der Waals surface area contributed by atoms with Gasteiger partial charge in [0.1, 0.15) is 10.4 Å². The van der Waals surface area contributed by atoms with Crippen LogP contribution in [0.5, 0.6) is 0 Å². The van der Waals surface area contributed by atoms with E-state index in [0.717, 1.165) is 13.1 Å². The number of nitrogens with zero attached hydrogens (tertiary/aromatic N) is 3. The summed E-state index contributed by atoms with van der Waals surface area (Å²) in [5.41, 5.74) is 7.36. The summed E-state index contributed by atoms with van der Waals surface area (Å²) in [4.78, 5) is 19.1. The summed E-state index contributed by atoms with van der Waals surface area (Å²) in [6.45, 7) is 3.34. The highest BCUT2D eigenvalue weighted by molar-refractivity contribution is 7.11. The van der Waals surface area contributed by atoms with Gasteiger partial charge in [-0.1, -0.05) is 5.16 Å². The minimum Gasteiger partial charge on any atom is -0.409 e. The summed E-state index contributed by atoms with van der Waals surface area (Å²) in [7, 11) is 2.01. The fourth-order valence-corrected chi connectivity index (χ4v) is 3.03. The van der Waals surface area contributed by atoms with Crippen LogP contribution in [0.15, 0.2) is 10.7 Å². The molecule has 0 unspecified atom stereocenters. The first-order chi connectivity index (χ1) is 9.48. The van der Waals surface area contributed by atoms with Gasteiger partial charge in [0.05, 0.1) is 11.2 Å². The minimum absolute atomic E-state index is 0.0566. The molecule has 1 amide bonds. The molecule has 1 aliphatic rings. The minimum atomic E-state index is -0.783. The van der Waals surface area contributed by atoms with Gasteiger partial charge < -0.3 is 21.2 Å². The van der Waals surface area contributed by atoms with Crippen LogP contribution in [-0.2, 0) is 0 Å². The highest BCUT2D eigenvalue weighted by atomic mass is 32.1. The van der Waals surface area contributed by atoms with Crippen LogP contribution in [0.1, 0.15) is 28.2 Å². The SMILES string of the molecule is Cc1ncsc1C(=O)NC1(/C(N)=N/O)CCN(C)CC1. The van der Waals surface area contributed by atoms with Gasteiger partial charge in [-0.25, -0.2) is 4.98 Å². The van der Waals surface area contributed by atoms with Crippen molar-refractivity contribution >= 4 is 23.1 Å². The summed E-state index contributed by atoms with van der Waals surface area (Å²) in [5, 5.41) is 15.1. The van der Waals surface area contributed by atoms with Gasteiger partial charge in [-0.2, -0.15) is 0 Å². The van der Waals surface area contributed by atoms with Crippen LogP contribution in [0.4, 0.5) is 0 Å². The number of rotatable bonds is 3. The summed E-state index contributed by atoms with van der Waals surface area (Å²) in [5.74, 6) is -0.165. The number of carbonyl (C=O) groups is 1. The number of nitrogens with one attached hydrogen (secondary N) is 1. The van der Waals surface area contributed by atoms with Crippen LogP contribution >= 0.6 is 11.3 Å². The number of likely N-dealkylation sites (tertiary alicyclic amines) is 1. The molecule has 1 saturated heterocycles. The van der Waals surface area contributed by atoms with E-state index in [2.05, 4.69) is 20.4 Å². The smallest absolute Gasteiger partial charge is 0.264 e. The second kappa shape index (κ2) is 5.76. The zero-order chi connectivity index (χ0) is 14.8. The van der Waals surface area contributed by atoms with Crippen molar-refractivity contribution < 1.29 is 10.0 Å². The summed E-state index contributed by atoms with van der Waals surface area (Å²) < 4.78 is 0. The second-order valence-electron chi connectivity index (χ2n) is 5.09. The van der Waals surface area contributed by atoms with Gasteiger partial charge in [0, 0.05) is 13.1 Å². The van der Waals surface area contributed by atoms with E-state index in [1.807, 2.05) is 7.05 Å².